The maximum absolute atomic E-state index is 10.7. The Morgan fingerprint density at radius 1 is 0.769 bits per heavy atom. The van der Waals surface area contributed by atoms with Gasteiger partial charge in [0.15, 0.2) is 0 Å². The maximum atomic E-state index is 10.7. The van der Waals surface area contributed by atoms with E-state index in [9.17, 15) is 4.57 Å². The van der Waals surface area contributed by atoms with Crippen molar-refractivity contribution in [3.05, 3.63) is 0 Å². The van der Waals surface area contributed by atoms with Gasteiger partial charge in [0.1, 0.15) is 0 Å². The summed E-state index contributed by atoms with van der Waals surface area (Å²) in [7, 11) is -4.30. The van der Waals surface area contributed by atoms with Crippen molar-refractivity contribution in [1.29, 1.82) is 0 Å². The third-order valence-electron chi connectivity index (χ3n) is 4.47. The molecule has 26 heavy (non-hydrogen) atoms. The topological polar surface area (TPSA) is 92.8 Å². The first-order valence-electron chi connectivity index (χ1n) is 10.8. The molecule has 0 spiro atoms. The van der Waals surface area contributed by atoms with Gasteiger partial charge in [-0.25, -0.2) is 4.57 Å². The largest absolute Gasteiger partial charge is 0.469 e. The summed E-state index contributed by atoms with van der Waals surface area (Å²) in [5.41, 5.74) is 5.34. The maximum Gasteiger partial charge on any atom is 0.469 e. The Morgan fingerprint density at radius 3 is 1.73 bits per heavy atom. The molecule has 4 N–H and O–H groups in total. The van der Waals surface area contributed by atoms with Crippen LogP contribution < -0.4 is 5.73 Å². The van der Waals surface area contributed by atoms with Gasteiger partial charge in [0.25, 0.3) is 0 Å². The molecule has 0 aliphatic rings. The Balaban J connectivity index is 0. The second-order valence-electron chi connectivity index (χ2n) is 7.20. The third kappa shape index (κ3) is 26.3. The van der Waals surface area contributed by atoms with Crippen molar-refractivity contribution in [2.45, 2.75) is 111 Å². The third-order valence-corrected chi connectivity index (χ3v) is 4.95. The summed E-state index contributed by atoms with van der Waals surface area (Å²) in [4.78, 5) is 17.4. The summed E-state index contributed by atoms with van der Waals surface area (Å²) < 4.78 is 15.3. The summed E-state index contributed by atoms with van der Waals surface area (Å²) in [6.07, 6.45) is 17.1. The number of nitrogens with two attached hydrogens (primary N) is 1. The molecule has 0 aromatic rings. The molecule has 0 aromatic carbocycles. The fourth-order valence-corrected chi connectivity index (χ4v) is 3.20. The van der Waals surface area contributed by atoms with E-state index in [0.717, 1.165) is 38.6 Å². The lowest BCUT2D eigenvalue weighted by Crippen LogP contribution is -2.09. The first-order chi connectivity index (χ1) is 12.4. The number of phosphoric acid groups is 1. The summed E-state index contributed by atoms with van der Waals surface area (Å²) in [5, 5.41) is 0. The molecule has 6 heteroatoms. The van der Waals surface area contributed by atoms with Crippen LogP contribution in [-0.2, 0) is 9.09 Å². The zero-order chi connectivity index (χ0) is 20.1. The van der Waals surface area contributed by atoms with Crippen molar-refractivity contribution in [2.24, 2.45) is 11.7 Å². The molecule has 0 aliphatic heterocycles. The molecule has 0 bridgehead atoms. The highest BCUT2D eigenvalue weighted by atomic mass is 31.2. The molecule has 0 fully saturated rings. The van der Waals surface area contributed by atoms with Gasteiger partial charge in [-0.05, 0) is 31.7 Å². The van der Waals surface area contributed by atoms with E-state index in [0.29, 0.717) is 5.92 Å². The van der Waals surface area contributed by atoms with Gasteiger partial charge >= 0.3 is 7.82 Å². The molecule has 160 valence electrons. The van der Waals surface area contributed by atoms with Crippen LogP contribution in [0.1, 0.15) is 111 Å². The number of hydrogen-bond acceptors (Lipinski definition) is 3. The van der Waals surface area contributed by atoms with Crippen LogP contribution in [0.25, 0.3) is 0 Å². The van der Waals surface area contributed by atoms with Gasteiger partial charge in [0.05, 0.1) is 6.61 Å². The van der Waals surface area contributed by atoms with Crippen molar-refractivity contribution in [2.75, 3.05) is 13.2 Å². The van der Waals surface area contributed by atoms with Crippen LogP contribution in [-0.4, -0.2) is 22.9 Å². The second kappa shape index (κ2) is 21.4. The minimum atomic E-state index is -4.30. The predicted molar refractivity (Wildman–Crippen MR) is 112 cm³/mol. The Kier molecular flexibility index (Phi) is 23.2. The lowest BCUT2D eigenvalue weighted by atomic mass is 9.96. The Labute approximate surface area is 162 Å². The zero-order valence-electron chi connectivity index (χ0n) is 17.6. The summed E-state index contributed by atoms with van der Waals surface area (Å²) in [6, 6.07) is 0. The van der Waals surface area contributed by atoms with E-state index < -0.39 is 7.82 Å². The quantitative estimate of drug-likeness (QED) is 0.202. The number of rotatable bonds is 17. The second-order valence-corrected chi connectivity index (χ2v) is 8.44. The molecule has 0 radical (unpaired) electrons. The van der Waals surface area contributed by atoms with E-state index in [4.69, 9.17) is 15.5 Å². The van der Waals surface area contributed by atoms with Crippen LogP contribution in [0.5, 0.6) is 0 Å². The van der Waals surface area contributed by atoms with Gasteiger partial charge < -0.3 is 15.5 Å². The molecule has 1 atom stereocenters. The van der Waals surface area contributed by atoms with E-state index >= 15 is 0 Å². The van der Waals surface area contributed by atoms with Crippen molar-refractivity contribution in [3.63, 3.8) is 0 Å². The summed E-state index contributed by atoms with van der Waals surface area (Å²) in [6.45, 7) is 7.59. The molecule has 1 unspecified atom stereocenters. The van der Waals surface area contributed by atoms with E-state index in [1.54, 1.807) is 0 Å². The molecule has 0 saturated heterocycles. The van der Waals surface area contributed by atoms with Crippen molar-refractivity contribution in [1.82, 2.24) is 0 Å². The minimum absolute atomic E-state index is 0.191. The number of hydrogen-bond donors (Lipinski definition) is 3. The predicted octanol–water partition coefficient (Wildman–Crippen LogP) is 6.18. The Bertz CT molecular complexity index is 304. The zero-order valence-corrected chi connectivity index (χ0v) is 18.5. The van der Waals surface area contributed by atoms with Gasteiger partial charge in [0, 0.05) is 0 Å². The minimum Gasteiger partial charge on any atom is -0.330 e. The highest BCUT2D eigenvalue weighted by Crippen LogP contribution is 2.37. The summed E-state index contributed by atoms with van der Waals surface area (Å²) in [5.74, 6) is 0.291. The fourth-order valence-electron chi connectivity index (χ4n) is 2.79. The van der Waals surface area contributed by atoms with Crippen LogP contribution in [0.4, 0.5) is 0 Å². The van der Waals surface area contributed by atoms with E-state index in [1.165, 1.54) is 57.8 Å². The molecule has 0 saturated carbocycles. The monoisotopic (exact) mass is 395 g/mol. The highest BCUT2D eigenvalue weighted by molar-refractivity contribution is 7.46. The van der Waals surface area contributed by atoms with Gasteiger partial charge in [-0.15, -0.1) is 0 Å². The number of unbranched alkanes of at least 4 members (excludes halogenated alkanes) is 9. The van der Waals surface area contributed by atoms with E-state index in [2.05, 4.69) is 25.3 Å². The van der Waals surface area contributed by atoms with Crippen molar-refractivity contribution >= 4 is 7.82 Å². The number of phosphoric ester groups is 1. The highest BCUT2D eigenvalue weighted by Gasteiger charge is 2.17. The standard InChI is InChI=1S/C12H27O4P.C8H19N/c1-3-5-7-8-10-12(9-6-4-2)11-16-17(13,14)15;1-2-3-4-5-6-7-8-9/h12H,3-11H2,1-2H3,(H2,13,14,15);2-9H2,1H3. The van der Waals surface area contributed by atoms with Crippen LogP contribution in [0, 0.1) is 5.92 Å². The lowest BCUT2D eigenvalue weighted by molar-refractivity contribution is 0.157. The van der Waals surface area contributed by atoms with Crippen LogP contribution in [0.15, 0.2) is 0 Å². The average Bonchev–Trinajstić information content (AvgIpc) is 2.60. The first kappa shape index (κ1) is 28.3. The Hall–Kier alpha value is 0.0700. The molecule has 0 aromatic heterocycles. The van der Waals surface area contributed by atoms with Crippen LogP contribution in [0.2, 0.25) is 0 Å². The Morgan fingerprint density at radius 2 is 1.23 bits per heavy atom. The van der Waals surface area contributed by atoms with Crippen molar-refractivity contribution in [3.8, 4) is 0 Å². The molecular formula is C20H46NO4P. The van der Waals surface area contributed by atoms with E-state index in [1.807, 2.05) is 0 Å². The van der Waals surface area contributed by atoms with E-state index in [-0.39, 0.29) is 6.61 Å². The first-order valence-corrected chi connectivity index (χ1v) is 12.3. The van der Waals surface area contributed by atoms with Gasteiger partial charge in [0.2, 0.25) is 0 Å². The van der Waals surface area contributed by atoms with Crippen molar-refractivity contribution < 1.29 is 18.9 Å². The molecule has 0 heterocycles. The smallest absolute Gasteiger partial charge is 0.330 e. The van der Waals surface area contributed by atoms with Gasteiger partial charge in [-0.1, -0.05) is 91.4 Å². The molecule has 0 rings (SSSR count). The van der Waals surface area contributed by atoms with Gasteiger partial charge in [-0.3, -0.25) is 4.52 Å². The van der Waals surface area contributed by atoms with Crippen LogP contribution in [0.3, 0.4) is 0 Å². The SMILES string of the molecule is CCCCCCC(CCCC)COP(=O)(O)O.CCCCCCCCN. The van der Waals surface area contributed by atoms with Crippen LogP contribution >= 0.6 is 7.82 Å². The normalized spacial score (nSPS) is 12.5. The lowest BCUT2D eigenvalue weighted by Gasteiger charge is -2.16. The molecule has 0 amide bonds. The molecule has 5 nitrogen and oxygen atoms in total. The van der Waals surface area contributed by atoms with Gasteiger partial charge in [-0.2, -0.15) is 0 Å². The summed E-state index contributed by atoms with van der Waals surface area (Å²) >= 11 is 0. The fraction of sp³-hybridized carbons (Fsp3) is 1.00. The molecular weight excluding hydrogens is 349 g/mol. The molecule has 0 aliphatic carbocycles. The average molecular weight is 396 g/mol.